The van der Waals surface area contributed by atoms with Crippen molar-refractivity contribution < 1.29 is 18.0 Å². The second kappa shape index (κ2) is 5.62. The van der Waals surface area contributed by atoms with Gasteiger partial charge in [-0.15, -0.1) is 0 Å². The van der Waals surface area contributed by atoms with Crippen molar-refractivity contribution in [3.05, 3.63) is 59.4 Å². The number of hydrogen-bond donors (Lipinski definition) is 3. The predicted molar refractivity (Wildman–Crippen MR) is 68.5 cm³/mol. The molecular formula is C13H10F3N3O. The predicted octanol–water partition coefficient (Wildman–Crippen LogP) is 2.64. The minimum Gasteiger partial charge on any atom is -0.323 e. The second-order valence-corrected chi connectivity index (χ2v) is 3.89. The molecule has 7 heteroatoms. The Morgan fingerprint density at radius 3 is 2.45 bits per heavy atom. The second-order valence-electron chi connectivity index (χ2n) is 3.89. The molecule has 104 valence electrons. The number of carbonyl (C=O) groups is 1. The molecule has 0 unspecified atom stereocenters. The average molecular weight is 281 g/mol. The van der Waals surface area contributed by atoms with Gasteiger partial charge in [0.2, 0.25) is 0 Å². The summed E-state index contributed by atoms with van der Waals surface area (Å²) in [6.07, 6.45) is 0. The normalized spacial score (nSPS) is 10.2. The monoisotopic (exact) mass is 281 g/mol. The molecule has 4 N–H and O–H groups in total. The molecule has 0 aliphatic carbocycles. The van der Waals surface area contributed by atoms with E-state index in [0.717, 1.165) is 0 Å². The zero-order chi connectivity index (χ0) is 14.7. The molecule has 0 fully saturated rings. The summed E-state index contributed by atoms with van der Waals surface area (Å²) in [4.78, 5) is 12.0. The lowest BCUT2D eigenvalue weighted by Crippen LogP contribution is -2.18. The molecule has 1 amide bonds. The Morgan fingerprint density at radius 1 is 1.05 bits per heavy atom. The molecule has 2 aromatic rings. The minimum absolute atomic E-state index is 0.110. The molecule has 0 radical (unpaired) electrons. The van der Waals surface area contributed by atoms with E-state index in [-0.39, 0.29) is 5.56 Å². The fourth-order valence-electron chi connectivity index (χ4n) is 1.64. The van der Waals surface area contributed by atoms with Crippen molar-refractivity contribution in [1.82, 2.24) is 0 Å². The highest BCUT2D eigenvalue weighted by atomic mass is 19.2. The van der Waals surface area contributed by atoms with E-state index in [9.17, 15) is 18.0 Å². The molecule has 2 aromatic carbocycles. The van der Waals surface area contributed by atoms with E-state index in [2.05, 4.69) is 10.7 Å². The number of halogens is 3. The summed E-state index contributed by atoms with van der Waals surface area (Å²) in [7, 11) is 0. The summed E-state index contributed by atoms with van der Waals surface area (Å²) in [5.41, 5.74) is 2.12. The van der Waals surface area contributed by atoms with Crippen molar-refractivity contribution in [2.45, 2.75) is 0 Å². The molecule has 0 spiro atoms. The topological polar surface area (TPSA) is 67.1 Å². The first-order chi connectivity index (χ1) is 9.52. The van der Waals surface area contributed by atoms with Crippen LogP contribution in [-0.4, -0.2) is 5.91 Å². The molecule has 2 rings (SSSR count). The Balaban J connectivity index is 2.33. The number of hydrazine groups is 1. The number of hydrogen-bond acceptors (Lipinski definition) is 3. The Hall–Kier alpha value is -2.54. The Morgan fingerprint density at radius 2 is 1.75 bits per heavy atom. The lowest BCUT2D eigenvalue weighted by atomic mass is 10.1. The van der Waals surface area contributed by atoms with Gasteiger partial charge in [0.1, 0.15) is 5.82 Å². The van der Waals surface area contributed by atoms with Crippen LogP contribution in [0.25, 0.3) is 0 Å². The standard InChI is InChI=1S/C13H10F3N3O/c14-7-5-9(15)12(16)11(6-7)18-13(20)8-3-1-2-4-10(8)19-17/h1-6,19H,17H2,(H,18,20). The van der Waals surface area contributed by atoms with E-state index in [1.54, 1.807) is 12.1 Å². The molecule has 4 nitrogen and oxygen atoms in total. The third-order valence-electron chi connectivity index (χ3n) is 2.57. The summed E-state index contributed by atoms with van der Waals surface area (Å²) in [6.45, 7) is 0. The maximum Gasteiger partial charge on any atom is 0.257 e. The molecule has 20 heavy (non-hydrogen) atoms. The van der Waals surface area contributed by atoms with E-state index in [0.29, 0.717) is 17.8 Å². The van der Waals surface area contributed by atoms with Crippen molar-refractivity contribution >= 4 is 17.3 Å². The van der Waals surface area contributed by atoms with Gasteiger partial charge in [0.25, 0.3) is 5.91 Å². The number of carbonyl (C=O) groups excluding carboxylic acids is 1. The number of anilines is 2. The quantitative estimate of drug-likeness (QED) is 0.460. The van der Waals surface area contributed by atoms with Crippen LogP contribution in [0.1, 0.15) is 10.4 Å². The van der Waals surface area contributed by atoms with Crippen molar-refractivity contribution in [2.24, 2.45) is 5.84 Å². The van der Waals surface area contributed by atoms with E-state index >= 15 is 0 Å². The van der Waals surface area contributed by atoms with Crippen LogP contribution >= 0.6 is 0 Å². The van der Waals surface area contributed by atoms with E-state index < -0.39 is 29.0 Å². The zero-order valence-corrected chi connectivity index (χ0v) is 10.1. The van der Waals surface area contributed by atoms with Crippen molar-refractivity contribution in [1.29, 1.82) is 0 Å². The molecule has 0 saturated carbocycles. The summed E-state index contributed by atoms with van der Waals surface area (Å²) < 4.78 is 39.5. The molecule has 0 aromatic heterocycles. The van der Waals surface area contributed by atoms with Crippen LogP contribution in [0.2, 0.25) is 0 Å². The van der Waals surface area contributed by atoms with Gasteiger partial charge in [0, 0.05) is 12.1 Å². The highest BCUT2D eigenvalue weighted by Crippen LogP contribution is 2.21. The molecule has 0 heterocycles. The summed E-state index contributed by atoms with van der Waals surface area (Å²) in [5, 5.41) is 2.09. The summed E-state index contributed by atoms with van der Waals surface area (Å²) in [5.74, 6) is 0.773. The number of amides is 1. The van der Waals surface area contributed by atoms with Crippen LogP contribution in [0, 0.1) is 17.5 Å². The smallest absolute Gasteiger partial charge is 0.257 e. The van der Waals surface area contributed by atoms with Gasteiger partial charge in [-0.2, -0.15) is 0 Å². The van der Waals surface area contributed by atoms with Gasteiger partial charge in [-0.1, -0.05) is 12.1 Å². The number of nitrogen functional groups attached to an aromatic ring is 1. The number of nitrogens with one attached hydrogen (secondary N) is 2. The highest BCUT2D eigenvalue weighted by Gasteiger charge is 2.16. The molecule has 0 aliphatic rings. The first-order valence-electron chi connectivity index (χ1n) is 5.54. The molecular weight excluding hydrogens is 271 g/mol. The average Bonchev–Trinajstić information content (AvgIpc) is 2.44. The molecule has 0 saturated heterocycles. The summed E-state index contributed by atoms with van der Waals surface area (Å²) >= 11 is 0. The minimum atomic E-state index is -1.38. The van der Waals surface area contributed by atoms with Crippen LogP contribution in [0.3, 0.4) is 0 Å². The number of nitrogens with two attached hydrogens (primary N) is 1. The first-order valence-corrected chi connectivity index (χ1v) is 5.54. The lowest BCUT2D eigenvalue weighted by molar-refractivity contribution is 0.102. The van der Waals surface area contributed by atoms with Crippen molar-refractivity contribution in [3.63, 3.8) is 0 Å². The Labute approximate surface area is 112 Å². The van der Waals surface area contributed by atoms with E-state index in [4.69, 9.17) is 5.84 Å². The lowest BCUT2D eigenvalue weighted by Gasteiger charge is -2.10. The first kappa shape index (κ1) is 13.9. The fourth-order valence-corrected chi connectivity index (χ4v) is 1.64. The van der Waals surface area contributed by atoms with Crippen LogP contribution in [0.4, 0.5) is 24.5 Å². The third kappa shape index (κ3) is 2.72. The molecule has 0 aliphatic heterocycles. The number of rotatable bonds is 3. The molecule has 0 bridgehead atoms. The SMILES string of the molecule is NNc1ccccc1C(=O)Nc1cc(F)cc(F)c1F. The number of benzene rings is 2. The number of para-hydroxylation sites is 1. The highest BCUT2D eigenvalue weighted by molar-refractivity contribution is 6.08. The van der Waals surface area contributed by atoms with Gasteiger partial charge in [-0.3, -0.25) is 10.6 Å². The van der Waals surface area contributed by atoms with E-state index in [1.807, 2.05) is 0 Å². The van der Waals surface area contributed by atoms with E-state index in [1.165, 1.54) is 12.1 Å². The maximum absolute atomic E-state index is 13.4. The van der Waals surface area contributed by atoms with Gasteiger partial charge in [0.05, 0.1) is 16.9 Å². The van der Waals surface area contributed by atoms with Gasteiger partial charge in [-0.25, -0.2) is 13.2 Å². The summed E-state index contributed by atoms with van der Waals surface area (Å²) in [6, 6.07) is 7.23. The van der Waals surface area contributed by atoms with Crippen LogP contribution in [0.5, 0.6) is 0 Å². The van der Waals surface area contributed by atoms with Crippen molar-refractivity contribution in [2.75, 3.05) is 10.7 Å². The van der Waals surface area contributed by atoms with Gasteiger partial charge in [-0.05, 0) is 12.1 Å². The van der Waals surface area contributed by atoms with Crippen LogP contribution < -0.4 is 16.6 Å². The third-order valence-corrected chi connectivity index (χ3v) is 2.57. The van der Waals surface area contributed by atoms with Crippen molar-refractivity contribution in [3.8, 4) is 0 Å². The molecule has 0 atom stereocenters. The fraction of sp³-hybridized carbons (Fsp3) is 0. The van der Waals surface area contributed by atoms with Gasteiger partial charge in [0.15, 0.2) is 11.6 Å². The Bertz CT molecular complexity index is 661. The van der Waals surface area contributed by atoms with Gasteiger partial charge >= 0.3 is 0 Å². The van der Waals surface area contributed by atoms with Crippen LogP contribution in [-0.2, 0) is 0 Å². The zero-order valence-electron chi connectivity index (χ0n) is 10.1. The largest absolute Gasteiger partial charge is 0.323 e. The van der Waals surface area contributed by atoms with Crippen LogP contribution in [0.15, 0.2) is 36.4 Å². The van der Waals surface area contributed by atoms with Gasteiger partial charge < -0.3 is 10.7 Å². The Kier molecular flexibility index (Phi) is 3.90. The maximum atomic E-state index is 13.4.